The molecule has 1 rings (SSSR count). The predicted molar refractivity (Wildman–Crippen MR) is 48.3 cm³/mol. The molecule has 0 bridgehead atoms. The molecule has 0 aliphatic rings. The minimum Gasteiger partial charge on any atom is -0.267 e. The van der Waals surface area contributed by atoms with Gasteiger partial charge in [0.2, 0.25) is 0 Å². The Bertz CT molecular complexity index is 315. The lowest BCUT2D eigenvalue weighted by atomic mass is 10.1. The van der Waals surface area contributed by atoms with E-state index in [2.05, 4.69) is 5.10 Å². The van der Waals surface area contributed by atoms with Crippen molar-refractivity contribution in [2.75, 3.05) is 0 Å². The summed E-state index contributed by atoms with van der Waals surface area (Å²) < 4.78 is 1.48. The zero-order chi connectivity index (χ0) is 9.14. The van der Waals surface area contributed by atoms with Crippen molar-refractivity contribution in [2.24, 2.45) is 0 Å². The molecule has 0 saturated heterocycles. The number of rotatable bonds is 2. The van der Waals surface area contributed by atoms with Crippen LogP contribution in [0.4, 0.5) is 0 Å². The fourth-order valence-corrected chi connectivity index (χ4v) is 1.13. The zero-order valence-corrected chi connectivity index (χ0v) is 7.74. The van der Waals surface area contributed by atoms with E-state index in [4.69, 9.17) is 0 Å². The molecule has 1 aromatic heterocycles. The number of aromatic nitrogens is 2. The highest BCUT2D eigenvalue weighted by molar-refractivity contribution is 5.11. The largest absolute Gasteiger partial charge is 0.270 e. The normalized spacial score (nSPS) is 10.7. The average molecular weight is 166 g/mol. The van der Waals surface area contributed by atoms with Crippen LogP contribution in [0.2, 0.25) is 0 Å². The van der Waals surface area contributed by atoms with E-state index in [1.807, 2.05) is 20.8 Å². The molecule has 0 atom stereocenters. The molecule has 3 heteroatoms. The van der Waals surface area contributed by atoms with Gasteiger partial charge < -0.3 is 0 Å². The van der Waals surface area contributed by atoms with Gasteiger partial charge in [0, 0.05) is 18.3 Å². The summed E-state index contributed by atoms with van der Waals surface area (Å²) in [4.78, 5) is 11.5. The van der Waals surface area contributed by atoms with Gasteiger partial charge in [-0.2, -0.15) is 5.10 Å². The van der Waals surface area contributed by atoms with E-state index in [0.29, 0.717) is 6.54 Å². The van der Waals surface area contributed by atoms with Gasteiger partial charge in [-0.3, -0.25) is 4.79 Å². The minimum atomic E-state index is 0.0370. The summed E-state index contributed by atoms with van der Waals surface area (Å²) in [5.74, 6) is 0.276. The molecule has 3 nitrogen and oxygen atoms in total. The highest BCUT2D eigenvalue weighted by Crippen LogP contribution is 2.06. The van der Waals surface area contributed by atoms with E-state index >= 15 is 0 Å². The van der Waals surface area contributed by atoms with Crippen LogP contribution in [0, 0.1) is 0 Å². The van der Waals surface area contributed by atoms with Crippen LogP contribution in [0.1, 0.15) is 32.3 Å². The zero-order valence-electron chi connectivity index (χ0n) is 7.74. The Hall–Kier alpha value is -1.12. The molecule has 66 valence electrons. The van der Waals surface area contributed by atoms with Crippen molar-refractivity contribution in [1.29, 1.82) is 0 Å². The molecule has 0 aliphatic carbocycles. The molecule has 0 N–H and O–H groups in total. The maximum absolute atomic E-state index is 11.5. The molecule has 1 heterocycles. The first-order chi connectivity index (χ1) is 5.66. The Labute approximate surface area is 72.0 Å². The smallest absolute Gasteiger partial charge is 0.267 e. The van der Waals surface area contributed by atoms with Crippen LogP contribution in [-0.4, -0.2) is 9.78 Å². The number of hydrogen-bond acceptors (Lipinski definition) is 2. The van der Waals surface area contributed by atoms with Crippen molar-refractivity contribution in [3.63, 3.8) is 0 Å². The number of hydrogen-bond donors (Lipinski definition) is 0. The molecule has 1 aromatic rings. The van der Waals surface area contributed by atoms with Gasteiger partial charge in [0.25, 0.3) is 5.56 Å². The third-order valence-corrected chi connectivity index (χ3v) is 1.86. The van der Waals surface area contributed by atoms with Crippen molar-refractivity contribution in [3.8, 4) is 0 Å². The van der Waals surface area contributed by atoms with Gasteiger partial charge in [0.05, 0.1) is 0 Å². The van der Waals surface area contributed by atoms with Crippen LogP contribution in [0.3, 0.4) is 0 Å². The molecule has 0 fully saturated rings. The molecular formula is C9H14N2O. The lowest BCUT2D eigenvalue weighted by Gasteiger charge is -2.06. The summed E-state index contributed by atoms with van der Waals surface area (Å²) in [6, 6.07) is 1.79. The summed E-state index contributed by atoms with van der Waals surface area (Å²) in [5.41, 5.74) is 0.877. The van der Waals surface area contributed by atoms with E-state index in [9.17, 15) is 4.79 Å². The second kappa shape index (κ2) is 3.52. The van der Waals surface area contributed by atoms with Gasteiger partial charge in [0.15, 0.2) is 0 Å². The van der Waals surface area contributed by atoms with Crippen molar-refractivity contribution in [3.05, 3.63) is 28.2 Å². The third-order valence-electron chi connectivity index (χ3n) is 1.86. The Balaban J connectivity index is 3.24. The van der Waals surface area contributed by atoms with Crippen molar-refractivity contribution >= 4 is 0 Å². The first kappa shape index (κ1) is 8.97. The molecule has 0 spiro atoms. The van der Waals surface area contributed by atoms with Crippen LogP contribution in [0.15, 0.2) is 17.1 Å². The van der Waals surface area contributed by atoms with E-state index in [1.54, 1.807) is 12.3 Å². The van der Waals surface area contributed by atoms with Gasteiger partial charge >= 0.3 is 0 Å². The maximum Gasteiger partial charge on any atom is 0.270 e. The molecule has 0 unspecified atom stereocenters. The summed E-state index contributed by atoms with van der Waals surface area (Å²) in [6.07, 6.45) is 1.68. The van der Waals surface area contributed by atoms with Crippen LogP contribution in [0.5, 0.6) is 0 Å². The Morgan fingerprint density at radius 2 is 2.25 bits per heavy atom. The molecule has 12 heavy (non-hydrogen) atoms. The Morgan fingerprint density at radius 1 is 1.58 bits per heavy atom. The van der Waals surface area contributed by atoms with Crippen LogP contribution in [0.25, 0.3) is 0 Å². The standard InChI is InChI=1S/C9H14N2O/c1-4-11-9(12)8(7(2)3)5-6-10-11/h5-7H,4H2,1-3H3. The second-order valence-electron chi connectivity index (χ2n) is 3.06. The highest BCUT2D eigenvalue weighted by atomic mass is 16.1. The van der Waals surface area contributed by atoms with Gasteiger partial charge in [-0.05, 0) is 18.9 Å². The van der Waals surface area contributed by atoms with Gasteiger partial charge in [-0.25, -0.2) is 4.68 Å². The van der Waals surface area contributed by atoms with Crippen LogP contribution < -0.4 is 5.56 Å². The average Bonchev–Trinajstić information content (AvgIpc) is 2.04. The number of aryl methyl sites for hydroxylation is 1. The molecule has 0 aliphatic heterocycles. The predicted octanol–water partition coefficient (Wildman–Crippen LogP) is 1.39. The van der Waals surface area contributed by atoms with Crippen molar-refractivity contribution in [2.45, 2.75) is 33.2 Å². The highest BCUT2D eigenvalue weighted by Gasteiger charge is 2.05. The first-order valence-electron chi connectivity index (χ1n) is 4.22. The maximum atomic E-state index is 11.5. The fraction of sp³-hybridized carbons (Fsp3) is 0.556. The third kappa shape index (κ3) is 1.55. The lowest BCUT2D eigenvalue weighted by Crippen LogP contribution is -2.25. The van der Waals surface area contributed by atoms with Crippen molar-refractivity contribution in [1.82, 2.24) is 9.78 Å². The summed E-state index contributed by atoms with van der Waals surface area (Å²) in [6.45, 7) is 6.57. The molecule has 0 saturated carbocycles. The summed E-state index contributed by atoms with van der Waals surface area (Å²) in [5, 5.41) is 3.94. The summed E-state index contributed by atoms with van der Waals surface area (Å²) in [7, 11) is 0. The molecule has 0 radical (unpaired) electrons. The van der Waals surface area contributed by atoms with E-state index < -0.39 is 0 Å². The molecule has 0 aromatic carbocycles. The van der Waals surface area contributed by atoms with Gasteiger partial charge in [-0.15, -0.1) is 0 Å². The SMILES string of the molecule is CCn1nccc(C(C)C)c1=O. The monoisotopic (exact) mass is 166 g/mol. The van der Waals surface area contributed by atoms with E-state index in [1.165, 1.54) is 4.68 Å². The molecule has 0 amide bonds. The quantitative estimate of drug-likeness (QED) is 0.665. The molecular weight excluding hydrogens is 152 g/mol. The van der Waals surface area contributed by atoms with Gasteiger partial charge in [-0.1, -0.05) is 13.8 Å². The topological polar surface area (TPSA) is 34.9 Å². The first-order valence-corrected chi connectivity index (χ1v) is 4.22. The lowest BCUT2D eigenvalue weighted by molar-refractivity contribution is 0.600. The van der Waals surface area contributed by atoms with Gasteiger partial charge in [0.1, 0.15) is 0 Å². The van der Waals surface area contributed by atoms with Crippen LogP contribution in [-0.2, 0) is 6.54 Å². The Morgan fingerprint density at radius 3 is 2.75 bits per heavy atom. The number of nitrogens with zero attached hydrogens (tertiary/aromatic N) is 2. The Kier molecular flexibility index (Phi) is 2.63. The summed E-state index contributed by atoms with van der Waals surface area (Å²) >= 11 is 0. The fourth-order valence-electron chi connectivity index (χ4n) is 1.13. The van der Waals surface area contributed by atoms with Crippen molar-refractivity contribution < 1.29 is 0 Å². The second-order valence-corrected chi connectivity index (χ2v) is 3.06. The van der Waals surface area contributed by atoms with E-state index in [-0.39, 0.29) is 11.5 Å². The minimum absolute atomic E-state index is 0.0370. The van der Waals surface area contributed by atoms with Crippen LogP contribution >= 0.6 is 0 Å². The van der Waals surface area contributed by atoms with E-state index in [0.717, 1.165) is 5.56 Å².